The highest BCUT2D eigenvalue weighted by molar-refractivity contribution is 5.67. The van der Waals surface area contributed by atoms with Gasteiger partial charge in [-0.1, -0.05) is 6.92 Å². The Labute approximate surface area is 123 Å². The highest BCUT2D eigenvalue weighted by Gasteiger charge is 2.10. The molecule has 0 amide bonds. The third-order valence-electron chi connectivity index (χ3n) is 3.55. The lowest BCUT2D eigenvalue weighted by atomic mass is 10.1. The molecule has 0 atom stereocenters. The number of aromatic nitrogens is 2. The Morgan fingerprint density at radius 2 is 1.90 bits per heavy atom. The second-order valence-corrected chi connectivity index (χ2v) is 5.13. The summed E-state index contributed by atoms with van der Waals surface area (Å²) in [7, 11) is 0. The molecule has 1 aromatic carbocycles. The number of halogens is 1. The zero-order valence-corrected chi connectivity index (χ0v) is 12.2. The van der Waals surface area contributed by atoms with Crippen LogP contribution in [0.4, 0.5) is 10.1 Å². The van der Waals surface area contributed by atoms with E-state index in [1.54, 1.807) is 12.1 Å². The second-order valence-electron chi connectivity index (χ2n) is 5.13. The molecule has 0 spiro atoms. The lowest BCUT2D eigenvalue weighted by molar-refractivity contribution is 0.628. The van der Waals surface area contributed by atoms with Crippen molar-refractivity contribution in [2.75, 3.05) is 11.9 Å². The van der Waals surface area contributed by atoms with E-state index in [1.165, 1.54) is 12.1 Å². The highest BCUT2D eigenvalue weighted by Crippen LogP contribution is 2.25. The quantitative estimate of drug-likeness (QED) is 0.774. The van der Waals surface area contributed by atoms with E-state index in [2.05, 4.69) is 27.8 Å². The molecule has 0 aliphatic carbocycles. The standard InChI is InChI=1S/C17H18FN3/c1-3-10-19-15-8-9-16-20-17(12(2)21(16)11-15)13-4-6-14(18)7-5-13/h4-9,11,19H,3,10H2,1-2H3. The van der Waals surface area contributed by atoms with E-state index < -0.39 is 0 Å². The number of aryl methyl sites for hydroxylation is 1. The number of nitrogens with one attached hydrogen (secondary N) is 1. The van der Waals surface area contributed by atoms with Gasteiger partial charge in [0.2, 0.25) is 0 Å². The average molecular weight is 283 g/mol. The van der Waals surface area contributed by atoms with Gasteiger partial charge in [-0.25, -0.2) is 9.37 Å². The molecule has 2 heterocycles. The number of nitrogens with zero attached hydrogens (tertiary/aromatic N) is 2. The zero-order valence-electron chi connectivity index (χ0n) is 12.2. The maximum atomic E-state index is 13.0. The Bertz CT molecular complexity index is 760. The largest absolute Gasteiger partial charge is 0.384 e. The molecule has 0 saturated carbocycles. The third-order valence-corrected chi connectivity index (χ3v) is 3.55. The van der Waals surface area contributed by atoms with Crippen LogP contribution in [0.15, 0.2) is 42.6 Å². The maximum absolute atomic E-state index is 13.0. The van der Waals surface area contributed by atoms with Crippen molar-refractivity contribution in [1.82, 2.24) is 9.38 Å². The minimum absolute atomic E-state index is 0.230. The van der Waals surface area contributed by atoms with E-state index in [9.17, 15) is 4.39 Å². The average Bonchev–Trinajstić information content (AvgIpc) is 2.83. The van der Waals surface area contributed by atoms with Gasteiger partial charge in [-0.05, 0) is 49.7 Å². The van der Waals surface area contributed by atoms with E-state index in [0.717, 1.165) is 41.3 Å². The number of benzene rings is 1. The van der Waals surface area contributed by atoms with Crippen molar-refractivity contribution in [1.29, 1.82) is 0 Å². The van der Waals surface area contributed by atoms with Gasteiger partial charge >= 0.3 is 0 Å². The number of anilines is 1. The first-order valence-corrected chi connectivity index (χ1v) is 7.17. The molecule has 3 aromatic rings. The van der Waals surface area contributed by atoms with Crippen molar-refractivity contribution in [2.45, 2.75) is 20.3 Å². The Hall–Kier alpha value is -2.36. The van der Waals surface area contributed by atoms with Gasteiger partial charge in [0.25, 0.3) is 0 Å². The van der Waals surface area contributed by atoms with Crippen LogP contribution in [0, 0.1) is 12.7 Å². The predicted molar refractivity (Wildman–Crippen MR) is 84.1 cm³/mol. The molecule has 0 bridgehead atoms. The van der Waals surface area contributed by atoms with Gasteiger partial charge in [0, 0.05) is 24.0 Å². The highest BCUT2D eigenvalue weighted by atomic mass is 19.1. The molecule has 0 aliphatic rings. The van der Waals surface area contributed by atoms with Crippen LogP contribution in [0.25, 0.3) is 16.9 Å². The van der Waals surface area contributed by atoms with E-state index in [1.807, 2.05) is 19.1 Å². The van der Waals surface area contributed by atoms with Gasteiger partial charge in [-0.2, -0.15) is 0 Å². The van der Waals surface area contributed by atoms with Crippen LogP contribution < -0.4 is 5.32 Å². The smallest absolute Gasteiger partial charge is 0.137 e. The molecular weight excluding hydrogens is 265 g/mol. The van der Waals surface area contributed by atoms with Crippen LogP contribution >= 0.6 is 0 Å². The Kier molecular flexibility index (Phi) is 3.60. The van der Waals surface area contributed by atoms with Crippen LogP contribution in [0.2, 0.25) is 0 Å². The summed E-state index contributed by atoms with van der Waals surface area (Å²) in [6.07, 6.45) is 3.14. The summed E-state index contributed by atoms with van der Waals surface area (Å²) in [6.45, 7) is 5.12. The fourth-order valence-electron chi connectivity index (χ4n) is 2.42. The first kappa shape index (κ1) is 13.6. The molecule has 3 rings (SSSR count). The lowest BCUT2D eigenvalue weighted by Gasteiger charge is -2.05. The summed E-state index contributed by atoms with van der Waals surface area (Å²) in [5.41, 5.74) is 4.85. The van der Waals surface area contributed by atoms with Gasteiger partial charge in [-0.15, -0.1) is 0 Å². The molecule has 0 saturated heterocycles. The third kappa shape index (κ3) is 2.61. The van der Waals surface area contributed by atoms with Crippen LogP contribution in [0.5, 0.6) is 0 Å². The second kappa shape index (κ2) is 5.56. The molecule has 21 heavy (non-hydrogen) atoms. The summed E-state index contributed by atoms with van der Waals surface area (Å²) >= 11 is 0. The van der Waals surface area contributed by atoms with Crippen molar-refractivity contribution in [3.63, 3.8) is 0 Å². The van der Waals surface area contributed by atoms with E-state index in [-0.39, 0.29) is 5.82 Å². The summed E-state index contributed by atoms with van der Waals surface area (Å²) < 4.78 is 15.1. The summed E-state index contributed by atoms with van der Waals surface area (Å²) in [5.74, 6) is -0.230. The predicted octanol–water partition coefficient (Wildman–Crippen LogP) is 4.27. The van der Waals surface area contributed by atoms with Gasteiger partial charge < -0.3 is 9.72 Å². The number of pyridine rings is 1. The normalized spacial score (nSPS) is 11.0. The molecule has 3 nitrogen and oxygen atoms in total. The number of rotatable bonds is 4. The van der Waals surface area contributed by atoms with Crippen LogP contribution in [0.1, 0.15) is 19.0 Å². The van der Waals surface area contributed by atoms with Crippen molar-refractivity contribution < 1.29 is 4.39 Å². The number of imidazole rings is 1. The molecule has 0 aliphatic heterocycles. The monoisotopic (exact) mass is 283 g/mol. The van der Waals surface area contributed by atoms with Gasteiger partial charge in [0.15, 0.2) is 0 Å². The lowest BCUT2D eigenvalue weighted by Crippen LogP contribution is -2.01. The first-order chi connectivity index (χ1) is 10.2. The SMILES string of the molecule is CCCNc1ccc2nc(-c3ccc(F)cc3)c(C)n2c1. The van der Waals surface area contributed by atoms with Crippen molar-refractivity contribution in [3.05, 3.63) is 54.1 Å². The molecule has 108 valence electrons. The van der Waals surface area contributed by atoms with Crippen molar-refractivity contribution in [2.24, 2.45) is 0 Å². The topological polar surface area (TPSA) is 29.3 Å². The summed E-state index contributed by atoms with van der Waals surface area (Å²) in [5, 5.41) is 3.37. The molecule has 0 radical (unpaired) electrons. The summed E-state index contributed by atoms with van der Waals surface area (Å²) in [6, 6.07) is 10.5. The minimum atomic E-state index is -0.230. The van der Waals surface area contributed by atoms with E-state index in [4.69, 9.17) is 0 Å². The first-order valence-electron chi connectivity index (χ1n) is 7.17. The number of hydrogen-bond donors (Lipinski definition) is 1. The number of fused-ring (bicyclic) bond motifs is 1. The maximum Gasteiger partial charge on any atom is 0.137 e. The molecule has 0 fully saturated rings. The Morgan fingerprint density at radius 3 is 2.62 bits per heavy atom. The van der Waals surface area contributed by atoms with Crippen LogP contribution in [-0.4, -0.2) is 15.9 Å². The fraction of sp³-hybridized carbons (Fsp3) is 0.235. The van der Waals surface area contributed by atoms with E-state index >= 15 is 0 Å². The van der Waals surface area contributed by atoms with Crippen molar-refractivity contribution in [3.8, 4) is 11.3 Å². The Morgan fingerprint density at radius 1 is 1.14 bits per heavy atom. The van der Waals surface area contributed by atoms with Gasteiger partial charge in [0.05, 0.1) is 11.4 Å². The molecule has 2 aromatic heterocycles. The van der Waals surface area contributed by atoms with Crippen LogP contribution in [-0.2, 0) is 0 Å². The minimum Gasteiger partial charge on any atom is -0.384 e. The van der Waals surface area contributed by atoms with E-state index in [0.29, 0.717) is 0 Å². The molecular formula is C17H18FN3. The Balaban J connectivity index is 2.04. The van der Waals surface area contributed by atoms with Gasteiger partial charge in [0.1, 0.15) is 11.5 Å². The van der Waals surface area contributed by atoms with Gasteiger partial charge in [-0.3, -0.25) is 0 Å². The van der Waals surface area contributed by atoms with Crippen molar-refractivity contribution >= 4 is 11.3 Å². The zero-order chi connectivity index (χ0) is 14.8. The summed E-state index contributed by atoms with van der Waals surface area (Å²) in [4.78, 5) is 4.65. The molecule has 4 heteroatoms. The fourth-order valence-corrected chi connectivity index (χ4v) is 2.42. The van der Waals surface area contributed by atoms with Crippen LogP contribution in [0.3, 0.4) is 0 Å². The molecule has 0 unspecified atom stereocenters. The molecule has 1 N–H and O–H groups in total. The number of hydrogen-bond acceptors (Lipinski definition) is 2.